The van der Waals surface area contributed by atoms with E-state index in [4.69, 9.17) is 17.3 Å². The second-order valence-corrected chi connectivity index (χ2v) is 6.30. The maximum absolute atomic E-state index is 10.6. The molecule has 3 N–H and O–H groups in total. The maximum atomic E-state index is 10.6. The molecule has 1 aromatic carbocycles. The van der Waals surface area contributed by atoms with Crippen LogP contribution in [0.5, 0.6) is 0 Å². The number of para-hydroxylation sites is 1. The lowest BCUT2D eigenvalue weighted by atomic mass is 9.80. The number of hydrogen-bond donors (Lipinski definition) is 2. The van der Waals surface area contributed by atoms with E-state index in [2.05, 4.69) is 9.97 Å². The molecule has 4 rings (SSSR count). The van der Waals surface area contributed by atoms with Gasteiger partial charge in [0, 0.05) is 5.39 Å². The summed E-state index contributed by atoms with van der Waals surface area (Å²) >= 11 is 6.07. The lowest BCUT2D eigenvalue weighted by molar-refractivity contribution is -0.0468. The molecule has 0 atom stereocenters. The average Bonchev–Trinajstić information content (AvgIpc) is 2.85. The topological polar surface area (TPSA) is 77.0 Å². The molecule has 22 heavy (non-hydrogen) atoms. The molecular formula is C16H17ClN4O. The summed E-state index contributed by atoms with van der Waals surface area (Å²) in [6.07, 6.45) is 2.68. The molecule has 0 spiro atoms. The first kappa shape index (κ1) is 13.8. The smallest absolute Gasteiger partial charge is 0.152 e. The van der Waals surface area contributed by atoms with Crippen molar-refractivity contribution in [3.05, 3.63) is 30.1 Å². The number of hydrogen-bond acceptors (Lipinski definition) is 4. The van der Waals surface area contributed by atoms with Crippen molar-refractivity contribution in [1.29, 1.82) is 0 Å². The number of nitrogens with two attached hydrogens (primary N) is 1. The minimum Gasteiger partial charge on any atom is -0.388 e. The van der Waals surface area contributed by atoms with Gasteiger partial charge in [-0.1, -0.05) is 18.2 Å². The van der Waals surface area contributed by atoms with Crippen molar-refractivity contribution in [3.63, 3.8) is 0 Å². The van der Waals surface area contributed by atoms with Crippen LogP contribution in [0.3, 0.4) is 0 Å². The number of anilines is 1. The first-order valence-corrected chi connectivity index (χ1v) is 7.96. The Balaban J connectivity index is 2.03. The van der Waals surface area contributed by atoms with E-state index in [1.165, 1.54) is 0 Å². The van der Waals surface area contributed by atoms with E-state index >= 15 is 0 Å². The van der Waals surface area contributed by atoms with Crippen LogP contribution in [-0.2, 0) is 12.4 Å². The third-order valence-electron chi connectivity index (χ3n) is 4.55. The van der Waals surface area contributed by atoms with E-state index in [0.717, 1.165) is 41.5 Å². The lowest BCUT2D eigenvalue weighted by Crippen LogP contribution is -2.41. The van der Waals surface area contributed by atoms with Gasteiger partial charge in [-0.3, -0.25) is 0 Å². The van der Waals surface area contributed by atoms with Crippen LogP contribution in [0.15, 0.2) is 24.3 Å². The van der Waals surface area contributed by atoms with Gasteiger partial charge in [0.15, 0.2) is 5.82 Å². The second kappa shape index (κ2) is 4.83. The highest BCUT2D eigenvalue weighted by molar-refractivity contribution is 6.17. The van der Waals surface area contributed by atoms with Crippen molar-refractivity contribution in [2.24, 2.45) is 0 Å². The summed E-state index contributed by atoms with van der Waals surface area (Å²) in [7, 11) is 0. The number of benzene rings is 1. The fraction of sp³-hybridized carbons (Fsp3) is 0.375. The summed E-state index contributed by atoms with van der Waals surface area (Å²) in [4.78, 5) is 8.98. The van der Waals surface area contributed by atoms with Crippen molar-refractivity contribution in [3.8, 4) is 0 Å². The minimum atomic E-state index is -0.659. The van der Waals surface area contributed by atoms with Crippen LogP contribution in [0.4, 0.5) is 5.82 Å². The van der Waals surface area contributed by atoms with Crippen molar-refractivity contribution in [1.82, 2.24) is 14.5 Å². The number of aromatic nitrogens is 3. The Labute approximate surface area is 132 Å². The Morgan fingerprint density at radius 3 is 2.73 bits per heavy atom. The van der Waals surface area contributed by atoms with Gasteiger partial charge in [-0.25, -0.2) is 9.97 Å². The van der Waals surface area contributed by atoms with Crippen LogP contribution in [0, 0.1) is 0 Å². The molecule has 0 aliphatic heterocycles. The Bertz CT molecular complexity index is 869. The number of nitrogen functional groups attached to an aromatic ring is 1. The molecule has 0 bridgehead atoms. The molecule has 1 aliphatic rings. The molecule has 6 heteroatoms. The van der Waals surface area contributed by atoms with Gasteiger partial charge in [0.05, 0.1) is 29.1 Å². The van der Waals surface area contributed by atoms with Crippen molar-refractivity contribution >= 4 is 39.4 Å². The van der Waals surface area contributed by atoms with Crippen LogP contribution < -0.4 is 5.73 Å². The lowest BCUT2D eigenvalue weighted by Gasteiger charge is -2.37. The molecule has 1 aliphatic carbocycles. The summed E-state index contributed by atoms with van der Waals surface area (Å²) in [5, 5.41) is 11.5. The van der Waals surface area contributed by atoms with Crippen LogP contribution in [-0.4, -0.2) is 25.2 Å². The van der Waals surface area contributed by atoms with Crippen molar-refractivity contribution < 1.29 is 5.11 Å². The van der Waals surface area contributed by atoms with Crippen LogP contribution >= 0.6 is 11.6 Å². The monoisotopic (exact) mass is 316 g/mol. The quantitative estimate of drug-likeness (QED) is 0.728. The summed E-state index contributed by atoms with van der Waals surface area (Å²) in [5.74, 6) is 1.40. The number of pyridine rings is 1. The predicted octanol–water partition coefficient (Wildman–Crippen LogP) is 2.82. The van der Waals surface area contributed by atoms with E-state index < -0.39 is 5.60 Å². The van der Waals surface area contributed by atoms with Gasteiger partial charge in [0.25, 0.3) is 0 Å². The number of fused-ring (bicyclic) bond motifs is 3. The second-order valence-electron chi connectivity index (χ2n) is 6.04. The predicted molar refractivity (Wildman–Crippen MR) is 87.8 cm³/mol. The highest BCUT2D eigenvalue weighted by Gasteiger charge is 2.36. The number of rotatable bonds is 3. The number of aliphatic hydroxyl groups is 1. The Morgan fingerprint density at radius 1 is 1.27 bits per heavy atom. The fourth-order valence-corrected chi connectivity index (χ4v) is 3.42. The third-order valence-corrected chi connectivity index (χ3v) is 4.78. The van der Waals surface area contributed by atoms with Gasteiger partial charge < -0.3 is 15.4 Å². The maximum Gasteiger partial charge on any atom is 0.152 e. The molecule has 2 heterocycles. The largest absolute Gasteiger partial charge is 0.388 e. The molecule has 0 saturated heterocycles. The van der Waals surface area contributed by atoms with Crippen LogP contribution in [0.2, 0.25) is 0 Å². The Morgan fingerprint density at radius 2 is 2.05 bits per heavy atom. The van der Waals surface area contributed by atoms with Gasteiger partial charge in [-0.15, -0.1) is 11.6 Å². The fourth-order valence-electron chi connectivity index (χ4n) is 3.21. The zero-order valence-corrected chi connectivity index (χ0v) is 12.8. The van der Waals surface area contributed by atoms with E-state index in [-0.39, 0.29) is 5.88 Å². The molecule has 1 fully saturated rings. The standard InChI is InChI=1S/C16H17ClN4O/c17-8-12-20-13-14(21(12)9-16(22)6-3-7-16)10-4-1-2-5-11(10)19-15(13)18/h1-2,4-5,22H,3,6-9H2,(H2,18,19). The molecule has 3 aromatic rings. The molecular weight excluding hydrogens is 300 g/mol. The first-order valence-electron chi connectivity index (χ1n) is 7.43. The summed E-state index contributed by atoms with van der Waals surface area (Å²) in [6, 6.07) is 7.84. The highest BCUT2D eigenvalue weighted by atomic mass is 35.5. The molecule has 2 aromatic heterocycles. The summed E-state index contributed by atoms with van der Waals surface area (Å²) in [6.45, 7) is 0.499. The number of imidazole rings is 1. The summed E-state index contributed by atoms with van der Waals surface area (Å²) < 4.78 is 2.02. The Hall–Kier alpha value is -1.85. The van der Waals surface area contributed by atoms with E-state index in [1.54, 1.807) is 0 Å². The SMILES string of the molecule is Nc1nc2ccccc2c2c1nc(CCl)n2CC1(O)CCC1. The van der Waals surface area contributed by atoms with Gasteiger partial charge in [0.1, 0.15) is 11.3 Å². The van der Waals surface area contributed by atoms with Crippen molar-refractivity contribution in [2.75, 3.05) is 5.73 Å². The zero-order chi connectivity index (χ0) is 15.3. The number of alkyl halides is 1. The van der Waals surface area contributed by atoms with Gasteiger partial charge in [0.2, 0.25) is 0 Å². The highest BCUT2D eigenvalue weighted by Crippen LogP contribution is 2.36. The van der Waals surface area contributed by atoms with Crippen LogP contribution in [0.1, 0.15) is 25.1 Å². The zero-order valence-electron chi connectivity index (χ0n) is 12.1. The molecule has 1 saturated carbocycles. The molecule has 114 valence electrons. The number of halogens is 1. The third kappa shape index (κ3) is 1.96. The van der Waals surface area contributed by atoms with E-state index in [0.29, 0.717) is 17.9 Å². The van der Waals surface area contributed by atoms with Crippen molar-refractivity contribution in [2.45, 2.75) is 37.3 Å². The minimum absolute atomic E-state index is 0.276. The van der Waals surface area contributed by atoms with Crippen LogP contribution in [0.25, 0.3) is 21.9 Å². The molecule has 0 amide bonds. The Kier molecular flexibility index (Phi) is 3.03. The van der Waals surface area contributed by atoms with E-state index in [9.17, 15) is 5.11 Å². The normalized spacial score (nSPS) is 17.0. The first-order chi connectivity index (χ1) is 10.6. The summed E-state index contributed by atoms with van der Waals surface area (Å²) in [5.41, 5.74) is 7.83. The average molecular weight is 317 g/mol. The number of nitrogens with zero attached hydrogens (tertiary/aromatic N) is 3. The molecule has 0 radical (unpaired) electrons. The van der Waals surface area contributed by atoms with Gasteiger partial charge in [-0.05, 0) is 25.3 Å². The molecule has 0 unspecified atom stereocenters. The molecule has 5 nitrogen and oxygen atoms in total. The van der Waals surface area contributed by atoms with Gasteiger partial charge >= 0.3 is 0 Å². The van der Waals surface area contributed by atoms with E-state index in [1.807, 2.05) is 28.8 Å². The van der Waals surface area contributed by atoms with Gasteiger partial charge in [-0.2, -0.15) is 0 Å².